The average Bonchev–Trinajstić information content (AvgIpc) is 3.30. The predicted molar refractivity (Wildman–Crippen MR) is 153 cm³/mol. The molecule has 1 aromatic rings. The summed E-state index contributed by atoms with van der Waals surface area (Å²) in [7, 11) is 0. The predicted octanol–water partition coefficient (Wildman–Crippen LogP) is 1.22. The van der Waals surface area contributed by atoms with Crippen molar-refractivity contribution >= 4 is 29.9 Å². The molecule has 0 radical (unpaired) electrons. The molecule has 1 aromatic carbocycles. The summed E-state index contributed by atoms with van der Waals surface area (Å²) in [5.74, 6) is -2.95. The fraction of sp³-hybridized carbons (Fsp3) is 0.633. The zero-order valence-electron chi connectivity index (χ0n) is 25.6. The first kappa shape index (κ1) is 32.2. The number of cyclic esters (lactones) is 1. The number of carbonyl (C=O) groups is 5. The fourth-order valence-corrected chi connectivity index (χ4v) is 6.24. The smallest absolute Gasteiger partial charge is 0.408 e. The zero-order valence-corrected chi connectivity index (χ0v) is 25.6. The highest BCUT2D eigenvalue weighted by Gasteiger charge is 2.67. The highest BCUT2D eigenvalue weighted by Crippen LogP contribution is 2.51. The lowest BCUT2D eigenvalue weighted by Crippen LogP contribution is -2.76. The zero-order chi connectivity index (χ0) is 32.0. The molecule has 43 heavy (non-hydrogen) atoms. The molecule has 2 unspecified atom stereocenters. The van der Waals surface area contributed by atoms with Crippen molar-refractivity contribution in [2.45, 2.75) is 101 Å². The van der Waals surface area contributed by atoms with Gasteiger partial charge in [-0.25, -0.2) is 9.59 Å². The molecule has 3 aliphatic rings. The van der Waals surface area contributed by atoms with Crippen LogP contribution in [0.25, 0.3) is 0 Å². The second kappa shape index (κ2) is 11.4. The maximum atomic E-state index is 14.2. The summed E-state index contributed by atoms with van der Waals surface area (Å²) in [4.78, 5) is 68.5. The summed E-state index contributed by atoms with van der Waals surface area (Å²) in [6, 6.07) is 3.25. The summed E-state index contributed by atoms with van der Waals surface area (Å²) in [5.41, 5.74) is 7.29. The minimum absolute atomic E-state index is 0.0237. The molecule has 0 bridgehead atoms. The van der Waals surface area contributed by atoms with Gasteiger partial charge in [0.2, 0.25) is 5.91 Å². The van der Waals surface area contributed by atoms with Gasteiger partial charge in [0.1, 0.15) is 35.6 Å². The van der Waals surface area contributed by atoms with Gasteiger partial charge in [0, 0.05) is 12.1 Å². The van der Waals surface area contributed by atoms with Gasteiger partial charge >= 0.3 is 24.0 Å². The average molecular weight is 603 g/mol. The SMILES string of the molecule is CC(C)(C)OC(=O)N[C@@]1(CC(N)=O)C(=O)Oc2cccc3c2C1(CN1CCC[C@H]1C(=O)OC(C)(C)C)COC(=O)C(N)C3. The molecule has 5 N–H and O–H groups in total. The van der Waals surface area contributed by atoms with E-state index in [1.165, 1.54) is 0 Å². The maximum absolute atomic E-state index is 14.2. The molecule has 236 valence electrons. The van der Waals surface area contributed by atoms with E-state index in [-0.39, 0.29) is 18.7 Å². The van der Waals surface area contributed by atoms with E-state index in [0.29, 0.717) is 30.5 Å². The van der Waals surface area contributed by atoms with Crippen molar-refractivity contribution in [1.29, 1.82) is 0 Å². The van der Waals surface area contributed by atoms with Crippen LogP contribution in [-0.2, 0) is 45.2 Å². The Morgan fingerprint density at radius 3 is 2.40 bits per heavy atom. The minimum Gasteiger partial charge on any atom is -0.463 e. The molecule has 0 spiro atoms. The van der Waals surface area contributed by atoms with Crippen molar-refractivity contribution in [3.63, 3.8) is 0 Å². The standard InChI is InChI=1S/C30H42N4O9/c1-27(2,3)42-24(37)19-10-8-12-34(19)15-29-16-40-23(36)18(31)13-17-9-7-11-20(22(17)29)41-25(38)30(29,14-21(32)35)33-26(39)43-28(4,5)6/h7,9,11,18-19H,8,10,12-16,31H2,1-6H3,(H2,32,35)(H,33,39)/t18?,19-,29?,30-/m0/s1. The van der Waals surface area contributed by atoms with E-state index < -0.39 is 77.2 Å². The van der Waals surface area contributed by atoms with Crippen molar-refractivity contribution < 1.29 is 42.9 Å². The number of carbonyl (C=O) groups excluding carboxylic acids is 5. The van der Waals surface area contributed by atoms with Crippen LogP contribution in [0.5, 0.6) is 5.75 Å². The van der Waals surface area contributed by atoms with E-state index >= 15 is 0 Å². The third-order valence-corrected chi connectivity index (χ3v) is 7.83. The van der Waals surface area contributed by atoms with Crippen LogP contribution in [0.4, 0.5) is 4.79 Å². The first-order valence-electron chi connectivity index (χ1n) is 14.4. The molecule has 2 amide bonds. The van der Waals surface area contributed by atoms with E-state index in [1.807, 2.05) is 4.90 Å². The molecule has 3 aliphatic heterocycles. The van der Waals surface area contributed by atoms with Crippen molar-refractivity contribution in [1.82, 2.24) is 10.2 Å². The van der Waals surface area contributed by atoms with E-state index in [0.717, 1.165) is 0 Å². The largest absolute Gasteiger partial charge is 0.463 e. The number of amides is 2. The highest BCUT2D eigenvalue weighted by molar-refractivity contribution is 5.97. The second-order valence-corrected chi connectivity index (χ2v) is 13.5. The number of nitrogens with one attached hydrogen (secondary N) is 1. The van der Waals surface area contributed by atoms with E-state index in [9.17, 15) is 24.0 Å². The van der Waals surface area contributed by atoms with Crippen LogP contribution >= 0.6 is 0 Å². The Morgan fingerprint density at radius 1 is 1.09 bits per heavy atom. The van der Waals surface area contributed by atoms with Gasteiger partial charge in [-0.15, -0.1) is 0 Å². The Morgan fingerprint density at radius 2 is 1.77 bits per heavy atom. The third kappa shape index (κ3) is 6.47. The number of hydrogen-bond acceptors (Lipinski definition) is 11. The summed E-state index contributed by atoms with van der Waals surface area (Å²) >= 11 is 0. The lowest BCUT2D eigenvalue weighted by Gasteiger charge is -2.53. The minimum atomic E-state index is -2.20. The van der Waals surface area contributed by atoms with Gasteiger partial charge in [-0.05, 0) is 79.0 Å². The van der Waals surface area contributed by atoms with Gasteiger partial charge in [0.05, 0.1) is 11.8 Å². The summed E-state index contributed by atoms with van der Waals surface area (Å²) in [5, 5.41) is 2.64. The second-order valence-electron chi connectivity index (χ2n) is 13.5. The Hall–Kier alpha value is -3.71. The lowest BCUT2D eigenvalue weighted by molar-refractivity contribution is -0.165. The van der Waals surface area contributed by atoms with E-state index in [1.54, 1.807) is 59.7 Å². The van der Waals surface area contributed by atoms with Crippen LogP contribution < -0.4 is 21.5 Å². The lowest BCUT2D eigenvalue weighted by atomic mass is 9.60. The summed E-state index contributed by atoms with van der Waals surface area (Å²) < 4.78 is 22.8. The molecular formula is C30H42N4O9. The Balaban J connectivity index is 1.97. The molecule has 0 aromatic heterocycles. The highest BCUT2D eigenvalue weighted by atomic mass is 16.6. The first-order valence-corrected chi connectivity index (χ1v) is 14.4. The molecule has 13 nitrogen and oxygen atoms in total. The van der Waals surface area contributed by atoms with E-state index in [2.05, 4.69) is 5.32 Å². The molecule has 3 heterocycles. The third-order valence-electron chi connectivity index (χ3n) is 7.83. The maximum Gasteiger partial charge on any atom is 0.408 e. The number of rotatable bonds is 6. The van der Waals surface area contributed by atoms with Gasteiger partial charge in [-0.2, -0.15) is 0 Å². The van der Waals surface area contributed by atoms with Gasteiger partial charge in [0.15, 0.2) is 5.54 Å². The van der Waals surface area contributed by atoms with Gasteiger partial charge in [0.25, 0.3) is 0 Å². The van der Waals surface area contributed by atoms with Crippen LogP contribution in [0.3, 0.4) is 0 Å². The van der Waals surface area contributed by atoms with Crippen molar-refractivity contribution in [3.8, 4) is 5.75 Å². The van der Waals surface area contributed by atoms with Crippen molar-refractivity contribution in [3.05, 3.63) is 29.3 Å². The topological polar surface area (TPSA) is 190 Å². The van der Waals surface area contributed by atoms with Crippen LogP contribution in [-0.4, -0.2) is 83.3 Å². The Bertz CT molecular complexity index is 1320. The van der Waals surface area contributed by atoms with Gasteiger partial charge in [-0.1, -0.05) is 12.1 Å². The van der Waals surface area contributed by atoms with Gasteiger partial charge < -0.3 is 35.7 Å². The van der Waals surface area contributed by atoms with E-state index in [4.69, 9.17) is 30.4 Å². The van der Waals surface area contributed by atoms with Crippen LogP contribution in [0.15, 0.2) is 18.2 Å². The molecule has 0 aliphatic carbocycles. The fourth-order valence-electron chi connectivity index (χ4n) is 6.24. The molecular weight excluding hydrogens is 560 g/mol. The van der Waals surface area contributed by atoms with Gasteiger partial charge in [-0.3, -0.25) is 19.3 Å². The Kier molecular flexibility index (Phi) is 8.55. The molecule has 4 atom stereocenters. The first-order chi connectivity index (χ1) is 19.9. The number of nitrogens with two attached hydrogens (primary N) is 2. The molecule has 1 fully saturated rings. The molecule has 1 saturated heterocycles. The van der Waals surface area contributed by atoms with Crippen LogP contribution in [0.1, 0.15) is 71.9 Å². The number of hydrogen-bond donors (Lipinski definition) is 3. The number of esters is 3. The van der Waals surface area contributed by atoms with Crippen molar-refractivity contribution in [2.24, 2.45) is 11.5 Å². The number of nitrogens with zero attached hydrogens (tertiary/aromatic N) is 1. The summed E-state index contributed by atoms with van der Waals surface area (Å²) in [6.07, 6.45) is -0.604. The molecule has 4 rings (SSSR count). The van der Waals surface area contributed by atoms with Crippen LogP contribution in [0.2, 0.25) is 0 Å². The molecule has 0 saturated carbocycles. The number of ether oxygens (including phenoxy) is 4. The Labute approximate surface area is 250 Å². The normalized spacial score (nSPS) is 27.6. The summed E-state index contributed by atoms with van der Waals surface area (Å²) in [6.45, 7) is 10.1. The quantitative estimate of drug-likeness (QED) is 0.241. The number of likely N-dealkylation sites (tertiary alicyclic amines) is 1. The number of benzene rings is 1. The van der Waals surface area contributed by atoms with Crippen LogP contribution in [0, 0.1) is 0 Å². The molecule has 13 heteroatoms. The monoisotopic (exact) mass is 602 g/mol. The number of alkyl carbamates (subject to hydrolysis) is 1. The number of primary amides is 1. The van der Waals surface area contributed by atoms with Crippen molar-refractivity contribution in [2.75, 3.05) is 19.7 Å².